The summed E-state index contributed by atoms with van der Waals surface area (Å²) in [5.74, 6) is -0.977. The van der Waals surface area contributed by atoms with Gasteiger partial charge in [-0.25, -0.2) is 0 Å². The molecule has 6 heteroatoms. The molecule has 1 unspecified atom stereocenters. The molecule has 0 aliphatic carbocycles. The Kier molecular flexibility index (Phi) is 63.3. The van der Waals surface area contributed by atoms with E-state index in [-0.39, 0.29) is 37.5 Å². The van der Waals surface area contributed by atoms with Crippen LogP contribution in [0.2, 0.25) is 0 Å². The van der Waals surface area contributed by atoms with E-state index in [0.29, 0.717) is 19.3 Å². The summed E-state index contributed by atoms with van der Waals surface area (Å²) < 4.78 is 16.8. The summed E-state index contributed by atoms with van der Waals surface area (Å²) in [4.78, 5) is 38.2. The van der Waals surface area contributed by atoms with Crippen molar-refractivity contribution in [3.63, 3.8) is 0 Å². The molecule has 0 rings (SSSR count). The van der Waals surface area contributed by atoms with E-state index >= 15 is 0 Å². The number of esters is 3. The van der Waals surface area contributed by atoms with Gasteiger partial charge in [0.05, 0.1) is 0 Å². The molecule has 0 aromatic carbocycles. The number of hydrogen-bond acceptors (Lipinski definition) is 6. The van der Waals surface area contributed by atoms with Crippen LogP contribution in [0.4, 0.5) is 0 Å². The first-order valence-corrected chi connectivity index (χ1v) is 33.2. The Bertz CT molecular complexity index is 1700. The Labute approximate surface area is 494 Å². The minimum absolute atomic E-state index is 0.107. The van der Waals surface area contributed by atoms with Gasteiger partial charge in [-0.15, -0.1) is 0 Å². The molecule has 6 nitrogen and oxygen atoms in total. The quantitative estimate of drug-likeness (QED) is 0.0261. The van der Waals surface area contributed by atoms with Gasteiger partial charge < -0.3 is 14.2 Å². The first-order chi connectivity index (χ1) is 39.5. The summed E-state index contributed by atoms with van der Waals surface area (Å²) in [6, 6.07) is 0. The average molecular weight is 1110 g/mol. The van der Waals surface area contributed by atoms with Gasteiger partial charge in [0.15, 0.2) is 6.10 Å². The second kappa shape index (κ2) is 67.1. The normalized spacial score (nSPS) is 13.0. The van der Waals surface area contributed by atoms with Crippen molar-refractivity contribution in [1.29, 1.82) is 0 Å². The molecule has 0 saturated carbocycles. The summed E-state index contributed by atoms with van der Waals surface area (Å²) in [6.45, 7) is 6.41. The maximum absolute atomic E-state index is 12.9. The molecule has 0 saturated heterocycles. The number of allylic oxidation sites excluding steroid dienone is 22. The highest BCUT2D eigenvalue weighted by molar-refractivity contribution is 5.71. The first-order valence-electron chi connectivity index (χ1n) is 33.2. The molecule has 0 amide bonds. The van der Waals surface area contributed by atoms with Crippen molar-refractivity contribution in [3.05, 3.63) is 134 Å². The topological polar surface area (TPSA) is 78.9 Å². The number of carbonyl (C=O) groups excluding carboxylic acids is 3. The van der Waals surface area contributed by atoms with Crippen LogP contribution < -0.4 is 0 Å². The SMILES string of the molecule is CC/C=C\C/C=C\C/C=C\C/C=C\C/C=C\C/C=C\C/C=C\CCCC(=O)OC(COC(=O)CCCCCCC/C=C\CCC)COC(=O)CCCCCCCCCCCCCCCC/C=C\C/C=C\C/C=C\CCCCCCC. The van der Waals surface area contributed by atoms with E-state index in [1.165, 1.54) is 128 Å². The van der Waals surface area contributed by atoms with E-state index in [1.54, 1.807) is 0 Å². The van der Waals surface area contributed by atoms with Crippen molar-refractivity contribution >= 4 is 17.9 Å². The molecular weight excluding hydrogens is 985 g/mol. The number of ether oxygens (including phenoxy) is 3. The molecular formula is C74H122O6. The summed E-state index contributed by atoms with van der Waals surface area (Å²) in [7, 11) is 0. The van der Waals surface area contributed by atoms with Crippen LogP contribution in [0, 0.1) is 0 Å². The first kappa shape index (κ1) is 75.5. The van der Waals surface area contributed by atoms with E-state index in [0.717, 1.165) is 122 Å². The van der Waals surface area contributed by atoms with Crippen molar-refractivity contribution in [2.75, 3.05) is 13.2 Å². The van der Waals surface area contributed by atoms with Crippen LogP contribution >= 0.6 is 0 Å². The third kappa shape index (κ3) is 64.4. The lowest BCUT2D eigenvalue weighted by molar-refractivity contribution is -0.167. The van der Waals surface area contributed by atoms with Crippen LogP contribution in [-0.4, -0.2) is 37.2 Å². The molecule has 0 radical (unpaired) electrons. The summed E-state index contributed by atoms with van der Waals surface area (Å²) in [5, 5.41) is 0. The predicted molar refractivity (Wildman–Crippen MR) is 348 cm³/mol. The fourth-order valence-electron chi connectivity index (χ4n) is 8.91. The molecule has 0 aromatic heterocycles. The maximum atomic E-state index is 12.9. The van der Waals surface area contributed by atoms with E-state index in [4.69, 9.17) is 14.2 Å². The minimum Gasteiger partial charge on any atom is -0.462 e. The molecule has 0 heterocycles. The minimum atomic E-state index is -0.817. The van der Waals surface area contributed by atoms with Gasteiger partial charge in [-0.1, -0.05) is 283 Å². The van der Waals surface area contributed by atoms with Crippen LogP contribution in [0.25, 0.3) is 0 Å². The van der Waals surface area contributed by atoms with Gasteiger partial charge in [-0.05, 0) is 128 Å². The number of hydrogen-bond donors (Lipinski definition) is 0. The van der Waals surface area contributed by atoms with Crippen LogP contribution in [0.15, 0.2) is 134 Å². The van der Waals surface area contributed by atoms with Crippen molar-refractivity contribution < 1.29 is 28.6 Å². The molecule has 80 heavy (non-hydrogen) atoms. The Morgan fingerprint density at radius 2 is 0.525 bits per heavy atom. The highest BCUT2D eigenvalue weighted by atomic mass is 16.6. The van der Waals surface area contributed by atoms with Crippen LogP contribution in [0.1, 0.15) is 297 Å². The Morgan fingerprint density at radius 1 is 0.263 bits per heavy atom. The van der Waals surface area contributed by atoms with Gasteiger partial charge in [0, 0.05) is 19.3 Å². The van der Waals surface area contributed by atoms with Crippen molar-refractivity contribution in [3.8, 4) is 0 Å². The zero-order chi connectivity index (χ0) is 57.8. The third-order valence-electron chi connectivity index (χ3n) is 13.8. The Hall–Kier alpha value is -4.45. The lowest BCUT2D eigenvalue weighted by Crippen LogP contribution is -2.30. The van der Waals surface area contributed by atoms with Gasteiger partial charge in [-0.3, -0.25) is 14.4 Å². The molecule has 1 atom stereocenters. The van der Waals surface area contributed by atoms with Gasteiger partial charge in [0.1, 0.15) is 13.2 Å². The summed E-state index contributed by atoms with van der Waals surface area (Å²) in [5.41, 5.74) is 0. The third-order valence-corrected chi connectivity index (χ3v) is 13.8. The monoisotopic (exact) mass is 1110 g/mol. The Morgan fingerprint density at radius 3 is 0.863 bits per heavy atom. The average Bonchev–Trinajstić information content (AvgIpc) is 3.46. The lowest BCUT2D eigenvalue weighted by atomic mass is 10.0. The highest BCUT2D eigenvalue weighted by Gasteiger charge is 2.19. The van der Waals surface area contributed by atoms with Crippen molar-refractivity contribution in [1.82, 2.24) is 0 Å². The molecule has 454 valence electrons. The fourth-order valence-corrected chi connectivity index (χ4v) is 8.91. The smallest absolute Gasteiger partial charge is 0.306 e. The van der Waals surface area contributed by atoms with Gasteiger partial charge in [-0.2, -0.15) is 0 Å². The molecule has 0 N–H and O–H groups in total. The molecule has 0 fully saturated rings. The molecule has 0 bridgehead atoms. The molecule has 0 aliphatic heterocycles. The highest BCUT2D eigenvalue weighted by Crippen LogP contribution is 2.16. The zero-order valence-electron chi connectivity index (χ0n) is 52.0. The van der Waals surface area contributed by atoms with Crippen molar-refractivity contribution in [2.45, 2.75) is 303 Å². The summed E-state index contributed by atoms with van der Waals surface area (Å²) >= 11 is 0. The van der Waals surface area contributed by atoms with Crippen LogP contribution in [0.3, 0.4) is 0 Å². The van der Waals surface area contributed by atoms with Crippen LogP contribution in [0.5, 0.6) is 0 Å². The maximum Gasteiger partial charge on any atom is 0.306 e. The second-order valence-corrected chi connectivity index (χ2v) is 21.6. The van der Waals surface area contributed by atoms with E-state index in [1.807, 2.05) is 0 Å². The molecule has 0 aliphatic rings. The number of rotatable bonds is 59. The van der Waals surface area contributed by atoms with Gasteiger partial charge in [0.2, 0.25) is 0 Å². The summed E-state index contributed by atoms with van der Waals surface area (Å²) in [6.07, 6.45) is 94.8. The largest absolute Gasteiger partial charge is 0.462 e. The number of carbonyl (C=O) groups is 3. The molecule has 0 spiro atoms. The van der Waals surface area contributed by atoms with Gasteiger partial charge in [0.25, 0.3) is 0 Å². The number of unbranched alkanes of at least 4 members (excludes halogenated alkanes) is 26. The van der Waals surface area contributed by atoms with E-state index in [2.05, 4.69) is 154 Å². The standard InChI is InChI=1S/C74H122O6/c1-4-7-10-13-16-19-22-24-26-28-30-32-34-35-36-37-38-39-41-42-44-46-48-50-52-55-58-61-64-67-73(76)79-70-71(69-78-72(75)66-63-60-57-54-21-18-15-12-9-6-3)80-74(77)68-65-62-59-56-53-51-49-47-45-43-40-33-31-29-27-25-23-20-17-14-11-8-5-2/h8,11-12,15,17,20,22,24-25,27-28,30-31,33-35,43,45,49,51,56,59,71H,4-7,9-10,13-14,16,18-19,21,23,26,29,32,36-42,44,46-48,50,52-55,57-58,60-70H2,1-3H3/b11-8-,15-12-,20-17-,24-22-,27-25-,30-28-,33-31-,35-34-,45-43-,51-49-,59-56-. The predicted octanol–water partition coefficient (Wildman–Crippen LogP) is 22.9. The fraction of sp³-hybridized carbons (Fsp3) is 0.662. The van der Waals surface area contributed by atoms with E-state index in [9.17, 15) is 14.4 Å². The Balaban J connectivity index is 4.31. The molecule has 0 aromatic rings. The van der Waals surface area contributed by atoms with E-state index < -0.39 is 6.10 Å². The van der Waals surface area contributed by atoms with Crippen molar-refractivity contribution in [2.24, 2.45) is 0 Å². The second-order valence-electron chi connectivity index (χ2n) is 21.6. The zero-order valence-corrected chi connectivity index (χ0v) is 52.0. The van der Waals surface area contributed by atoms with Gasteiger partial charge >= 0.3 is 17.9 Å². The lowest BCUT2D eigenvalue weighted by Gasteiger charge is -2.18. The van der Waals surface area contributed by atoms with Crippen LogP contribution in [-0.2, 0) is 28.6 Å².